The van der Waals surface area contributed by atoms with E-state index in [-0.39, 0.29) is 6.04 Å². The van der Waals surface area contributed by atoms with Crippen molar-refractivity contribution in [3.8, 4) is 5.75 Å². The smallest absolute Gasteiger partial charge is 0.149 e. The van der Waals surface area contributed by atoms with Gasteiger partial charge in [-0.25, -0.2) is 9.97 Å². The molecule has 4 nitrogen and oxygen atoms in total. The van der Waals surface area contributed by atoms with E-state index in [1.807, 2.05) is 19.1 Å². The molecule has 1 aromatic heterocycles. The number of para-hydroxylation sites is 1. The van der Waals surface area contributed by atoms with Crippen LogP contribution in [-0.4, -0.2) is 16.6 Å². The molecule has 1 aliphatic rings. The molecular formula is C14H15N3O. The third-order valence-electron chi connectivity index (χ3n) is 3.16. The van der Waals surface area contributed by atoms with Crippen LogP contribution >= 0.6 is 0 Å². The fourth-order valence-electron chi connectivity index (χ4n) is 2.19. The van der Waals surface area contributed by atoms with Crippen LogP contribution < -0.4 is 10.5 Å². The summed E-state index contributed by atoms with van der Waals surface area (Å²) >= 11 is 0. The van der Waals surface area contributed by atoms with Gasteiger partial charge in [0.15, 0.2) is 0 Å². The Kier molecular flexibility index (Phi) is 2.72. The molecule has 2 N–H and O–H groups in total. The maximum atomic E-state index is 6.23. The number of aromatic nitrogens is 2. The second kappa shape index (κ2) is 4.38. The topological polar surface area (TPSA) is 61.0 Å². The number of hydrogen-bond donors (Lipinski definition) is 1. The lowest BCUT2D eigenvalue weighted by atomic mass is 10.0. The number of hydrogen-bond acceptors (Lipinski definition) is 4. The molecule has 3 rings (SSSR count). The highest BCUT2D eigenvalue weighted by atomic mass is 16.5. The van der Waals surface area contributed by atoms with E-state index in [1.165, 1.54) is 5.56 Å². The number of aryl methyl sites for hydroxylation is 1. The van der Waals surface area contributed by atoms with Gasteiger partial charge in [-0.1, -0.05) is 18.2 Å². The molecule has 2 aromatic rings. The summed E-state index contributed by atoms with van der Waals surface area (Å²) in [5, 5.41) is 0. The molecule has 1 aliphatic heterocycles. The summed E-state index contributed by atoms with van der Waals surface area (Å²) in [5.74, 6) is 1.54. The number of fused-ring (bicyclic) bond motifs is 1. The van der Waals surface area contributed by atoms with Gasteiger partial charge in [0, 0.05) is 24.4 Å². The molecule has 1 unspecified atom stereocenters. The Balaban J connectivity index is 2.00. The van der Waals surface area contributed by atoms with Crippen molar-refractivity contribution in [2.24, 2.45) is 5.73 Å². The van der Waals surface area contributed by atoms with Crippen LogP contribution in [0.4, 0.5) is 0 Å². The van der Waals surface area contributed by atoms with E-state index in [0.717, 1.165) is 29.9 Å². The number of nitrogens with zero attached hydrogens (tertiary/aromatic N) is 2. The summed E-state index contributed by atoms with van der Waals surface area (Å²) in [6.45, 7) is 2.69. The molecule has 0 saturated carbocycles. The van der Waals surface area contributed by atoms with Gasteiger partial charge in [0.25, 0.3) is 0 Å². The monoisotopic (exact) mass is 241 g/mol. The van der Waals surface area contributed by atoms with E-state index in [4.69, 9.17) is 10.5 Å². The third-order valence-corrected chi connectivity index (χ3v) is 3.16. The maximum absolute atomic E-state index is 6.23. The molecule has 0 saturated heterocycles. The summed E-state index contributed by atoms with van der Waals surface area (Å²) in [6.07, 6.45) is 4.52. The van der Waals surface area contributed by atoms with Crippen molar-refractivity contribution >= 4 is 0 Å². The second-order valence-electron chi connectivity index (χ2n) is 4.53. The Morgan fingerprint density at radius 2 is 2.06 bits per heavy atom. The average Bonchev–Trinajstić information content (AvgIpc) is 2.87. The Hall–Kier alpha value is -1.94. The van der Waals surface area contributed by atoms with Gasteiger partial charge in [-0.05, 0) is 18.1 Å². The van der Waals surface area contributed by atoms with Crippen LogP contribution in [0, 0.1) is 6.92 Å². The molecule has 4 heteroatoms. The standard InChI is InChI=1S/C14H15N3O/c1-9-7-16-14(17-8-9)12(15)11-4-2-3-10-5-6-18-13(10)11/h2-4,7-8,12H,5-6,15H2,1H3. The Morgan fingerprint density at radius 1 is 1.28 bits per heavy atom. The lowest BCUT2D eigenvalue weighted by Gasteiger charge is -2.14. The van der Waals surface area contributed by atoms with Gasteiger partial charge >= 0.3 is 0 Å². The van der Waals surface area contributed by atoms with Crippen molar-refractivity contribution in [3.63, 3.8) is 0 Å². The van der Waals surface area contributed by atoms with Crippen molar-refractivity contribution in [2.75, 3.05) is 6.61 Å². The van der Waals surface area contributed by atoms with Crippen LogP contribution in [-0.2, 0) is 6.42 Å². The lowest BCUT2D eigenvalue weighted by molar-refractivity contribution is 0.352. The van der Waals surface area contributed by atoms with Crippen LogP contribution in [0.1, 0.15) is 28.6 Å². The van der Waals surface area contributed by atoms with Crippen LogP contribution in [0.3, 0.4) is 0 Å². The van der Waals surface area contributed by atoms with Crippen LogP contribution in [0.25, 0.3) is 0 Å². The minimum Gasteiger partial charge on any atom is -0.493 e. The summed E-state index contributed by atoms with van der Waals surface area (Å²) in [5.41, 5.74) is 9.45. The molecule has 0 spiro atoms. The van der Waals surface area contributed by atoms with E-state index >= 15 is 0 Å². The molecule has 0 fully saturated rings. The first-order valence-corrected chi connectivity index (χ1v) is 6.04. The molecule has 0 bridgehead atoms. The molecule has 18 heavy (non-hydrogen) atoms. The summed E-state index contributed by atoms with van der Waals surface area (Å²) < 4.78 is 5.66. The van der Waals surface area contributed by atoms with Crippen molar-refractivity contribution in [1.82, 2.24) is 9.97 Å². The molecule has 1 atom stereocenters. The van der Waals surface area contributed by atoms with E-state index in [1.54, 1.807) is 12.4 Å². The summed E-state index contributed by atoms with van der Waals surface area (Å²) in [7, 11) is 0. The van der Waals surface area contributed by atoms with E-state index in [9.17, 15) is 0 Å². The van der Waals surface area contributed by atoms with Gasteiger partial charge in [0.05, 0.1) is 12.6 Å². The molecule has 0 aliphatic carbocycles. The zero-order chi connectivity index (χ0) is 12.5. The Labute approximate surface area is 106 Å². The van der Waals surface area contributed by atoms with E-state index in [2.05, 4.69) is 16.0 Å². The highest BCUT2D eigenvalue weighted by molar-refractivity contribution is 5.47. The Bertz CT molecular complexity index is 566. The SMILES string of the molecule is Cc1cnc(C(N)c2cccc3c2OCC3)nc1. The number of nitrogens with two attached hydrogens (primary N) is 1. The third kappa shape index (κ3) is 1.84. The normalized spacial score (nSPS) is 15.0. The minimum absolute atomic E-state index is 0.335. The van der Waals surface area contributed by atoms with Gasteiger partial charge < -0.3 is 10.5 Å². The van der Waals surface area contributed by atoms with Gasteiger partial charge in [0.1, 0.15) is 11.6 Å². The van der Waals surface area contributed by atoms with Crippen molar-refractivity contribution in [3.05, 3.63) is 53.1 Å². The molecular weight excluding hydrogens is 226 g/mol. The first-order valence-electron chi connectivity index (χ1n) is 6.04. The fraction of sp³-hybridized carbons (Fsp3) is 0.286. The van der Waals surface area contributed by atoms with Crippen molar-refractivity contribution < 1.29 is 4.74 Å². The van der Waals surface area contributed by atoms with E-state index < -0.39 is 0 Å². The van der Waals surface area contributed by atoms with Gasteiger partial charge in [-0.15, -0.1) is 0 Å². The zero-order valence-electron chi connectivity index (χ0n) is 10.3. The fourth-order valence-corrected chi connectivity index (χ4v) is 2.19. The quantitative estimate of drug-likeness (QED) is 0.870. The molecule has 0 radical (unpaired) electrons. The highest BCUT2D eigenvalue weighted by Crippen LogP contribution is 2.33. The lowest BCUT2D eigenvalue weighted by Crippen LogP contribution is -2.16. The predicted molar refractivity (Wildman–Crippen MR) is 68.4 cm³/mol. The van der Waals surface area contributed by atoms with Crippen LogP contribution in [0.5, 0.6) is 5.75 Å². The zero-order valence-corrected chi connectivity index (χ0v) is 10.3. The average molecular weight is 241 g/mol. The number of ether oxygens (including phenoxy) is 1. The van der Waals surface area contributed by atoms with Crippen LogP contribution in [0.2, 0.25) is 0 Å². The predicted octanol–water partition coefficient (Wildman–Crippen LogP) is 1.77. The number of rotatable bonds is 2. The summed E-state index contributed by atoms with van der Waals surface area (Å²) in [4.78, 5) is 8.58. The van der Waals surface area contributed by atoms with Crippen molar-refractivity contribution in [1.29, 1.82) is 0 Å². The van der Waals surface area contributed by atoms with E-state index in [0.29, 0.717) is 5.82 Å². The second-order valence-corrected chi connectivity index (χ2v) is 4.53. The van der Waals surface area contributed by atoms with Gasteiger partial charge in [-0.2, -0.15) is 0 Å². The van der Waals surface area contributed by atoms with Crippen LogP contribution in [0.15, 0.2) is 30.6 Å². The molecule has 92 valence electrons. The first kappa shape index (κ1) is 11.2. The maximum Gasteiger partial charge on any atom is 0.149 e. The molecule has 1 aromatic carbocycles. The highest BCUT2D eigenvalue weighted by Gasteiger charge is 2.22. The largest absolute Gasteiger partial charge is 0.493 e. The molecule has 2 heterocycles. The van der Waals surface area contributed by atoms with Crippen molar-refractivity contribution in [2.45, 2.75) is 19.4 Å². The summed E-state index contributed by atoms with van der Waals surface area (Å²) in [6, 6.07) is 5.74. The minimum atomic E-state index is -0.335. The number of benzene rings is 1. The van der Waals surface area contributed by atoms with Gasteiger partial charge in [-0.3, -0.25) is 0 Å². The first-order chi connectivity index (χ1) is 8.75. The Morgan fingerprint density at radius 3 is 2.83 bits per heavy atom. The molecule has 0 amide bonds. The van der Waals surface area contributed by atoms with Gasteiger partial charge in [0.2, 0.25) is 0 Å².